The van der Waals surface area contributed by atoms with Crippen LogP contribution in [0, 0.1) is 5.92 Å². The number of aliphatic carboxylic acids is 1. The third kappa shape index (κ3) is 5.53. The van der Waals surface area contributed by atoms with E-state index in [0.717, 1.165) is 31.5 Å². The highest BCUT2D eigenvalue weighted by Crippen LogP contribution is 2.22. The van der Waals surface area contributed by atoms with Crippen molar-refractivity contribution in [2.24, 2.45) is 5.92 Å². The molecule has 7 nitrogen and oxygen atoms in total. The van der Waals surface area contributed by atoms with Gasteiger partial charge in [0.1, 0.15) is 0 Å². The van der Waals surface area contributed by atoms with Crippen molar-refractivity contribution >= 4 is 17.8 Å². The van der Waals surface area contributed by atoms with Crippen molar-refractivity contribution in [2.75, 3.05) is 32.7 Å². The summed E-state index contributed by atoms with van der Waals surface area (Å²) in [6, 6.07) is 7.60. The molecule has 2 fully saturated rings. The molecule has 0 aromatic heterocycles. The molecule has 1 unspecified atom stereocenters. The molecule has 7 heteroatoms. The van der Waals surface area contributed by atoms with E-state index >= 15 is 0 Å². The molecule has 2 saturated heterocycles. The number of likely N-dealkylation sites (tertiary alicyclic amines) is 1. The van der Waals surface area contributed by atoms with E-state index in [2.05, 4.69) is 10.2 Å². The molecule has 0 radical (unpaired) electrons. The van der Waals surface area contributed by atoms with Gasteiger partial charge in [-0.2, -0.15) is 0 Å². The van der Waals surface area contributed by atoms with Crippen molar-refractivity contribution in [2.45, 2.75) is 32.2 Å². The standard InChI is InChI=1S/C20H27N3O4/c24-18-14-22(11-9-21-18)12-16-3-6-17(7-4-16)20(27)23-10-1-2-15(13-23)5-8-19(25)26/h3-4,6-7,15H,1-2,5,8-14H2,(H,21,24)(H,25,26). The number of hydrogen-bond acceptors (Lipinski definition) is 4. The van der Waals surface area contributed by atoms with Crippen molar-refractivity contribution in [1.29, 1.82) is 0 Å². The lowest BCUT2D eigenvalue weighted by molar-refractivity contribution is -0.137. The summed E-state index contributed by atoms with van der Waals surface area (Å²) in [4.78, 5) is 38.9. The summed E-state index contributed by atoms with van der Waals surface area (Å²) < 4.78 is 0. The average molecular weight is 373 g/mol. The maximum atomic E-state index is 12.8. The van der Waals surface area contributed by atoms with Gasteiger partial charge in [-0.25, -0.2) is 0 Å². The summed E-state index contributed by atoms with van der Waals surface area (Å²) >= 11 is 0. The van der Waals surface area contributed by atoms with Gasteiger partial charge in [-0.15, -0.1) is 0 Å². The van der Waals surface area contributed by atoms with Gasteiger partial charge in [0.15, 0.2) is 0 Å². The van der Waals surface area contributed by atoms with E-state index in [1.165, 1.54) is 0 Å². The smallest absolute Gasteiger partial charge is 0.303 e. The Morgan fingerprint density at radius 2 is 1.96 bits per heavy atom. The molecule has 2 heterocycles. The first-order valence-electron chi connectivity index (χ1n) is 9.60. The molecule has 146 valence electrons. The Kier molecular flexibility index (Phi) is 6.45. The first kappa shape index (κ1) is 19.4. The van der Waals surface area contributed by atoms with Gasteiger partial charge in [0.05, 0.1) is 6.54 Å². The second kappa shape index (κ2) is 8.99. The number of carboxylic acid groups (broad SMARTS) is 1. The SMILES string of the molecule is O=C(O)CCC1CCCN(C(=O)c2ccc(CN3CCNC(=O)C3)cc2)C1. The number of benzene rings is 1. The van der Waals surface area contributed by atoms with Crippen LogP contribution in [0.15, 0.2) is 24.3 Å². The molecule has 2 N–H and O–H groups in total. The summed E-state index contributed by atoms with van der Waals surface area (Å²) in [6.45, 7) is 3.98. The molecule has 0 aliphatic carbocycles. The first-order chi connectivity index (χ1) is 13.0. The molecular formula is C20H27N3O4. The minimum absolute atomic E-state index is 0.0129. The van der Waals surface area contributed by atoms with E-state index in [1.807, 2.05) is 29.2 Å². The Balaban J connectivity index is 1.55. The highest BCUT2D eigenvalue weighted by molar-refractivity contribution is 5.94. The maximum Gasteiger partial charge on any atom is 0.303 e. The van der Waals surface area contributed by atoms with Crippen LogP contribution < -0.4 is 5.32 Å². The van der Waals surface area contributed by atoms with Gasteiger partial charge in [0, 0.05) is 44.7 Å². The lowest BCUT2D eigenvalue weighted by atomic mass is 9.93. The van der Waals surface area contributed by atoms with Gasteiger partial charge in [0.25, 0.3) is 5.91 Å². The van der Waals surface area contributed by atoms with Crippen molar-refractivity contribution in [3.8, 4) is 0 Å². The van der Waals surface area contributed by atoms with Crippen LogP contribution in [0.2, 0.25) is 0 Å². The van der Waals surface area contributed by atoms with E-state index in [4.69, 9.17) is 5.11 Å². The third-order valence-electron chi connectivity index (χ3n) is 5.30. The monoisotopic (exact) mass is 373 g/mol. The Bertz CT molecular complexity index is 689. The minimum Gasteiger partial charge on any atom is -0.481 e. The predicted molar refractivity (Wildman–Crippen MR) is 100 cm³/mol. The Morgan fingerprint density at radius 1 is 1.19 bits per heavy atom. The van der Waals surface area contributed by atoms with Crippen LogP contribution in [0.3, 0.4) is 0 Å². The van der Waals surface area contributed by atoms with Gasteiger partial charge < -0.3 is 15.3 Å². The average Bonchev–Trinajstić information content (AvgIpc) is 2.67. The fourth-order valence-electron chi connectivity index (χ4n) is 3.83. The molecule has 0 bridgehead atoms. The first-order valence-corrected chi connectivity index (χ1v) is 9.60. The van der Waals surface area contributed by atoms with Gasteiger partial charge in [0.2, 0.25) is 5.91 Å². The van der Waals surface area contributed by atoms with Crippen molar-refractivity contribution in [1.82, 2.24) is 15.1 Å². The van der Waals surface area contributed by atoms with Crippen LogP contribution in [0.25, 0.3) is 0 Å². The van der Waals surface area contributed by atoms with E-state index in [1.54, 1.807) is 0 Å². The summed E-state index contributed by atoms with van der Waals surface area (Å²) in [6.07, 6.45) is 2.70. The van der Waals surface area contributed by atoms with Crippen LogP contribution in [-0.4, -0.2) is 65.4 Å². The number of piperazine rings is 1. The second-order valence-corrected chi connectivity index (χ2v) is 7.45. The Labute approximate surface area is 159 Å². The topological polar surface area (TPSA) is 89.9 Å². The fraction of sp³-hybridized carbons (Fsp3) is 0.550. The molecule has 3 rings (SSSR count). The lowest BCUT2D eigenvalue weighted by Crippen LogP contribution is -2.47. The number of carbonyl (C=O) groups is 3. The van der Waals surface area contributed by atoms with Gasteiger partial charge in [-0.1, -0.05) is 12.1 Å². The molecule has 2 aliphatic heterocycles. The highest BCUT2D eigenvalue weighted by atomic mass is 16.4. The number of nitrogens with one attached hydrogen (secondary N) is 1. The zero-order valence-corrected chi connectivity index (χ0v) is 15.5. The fourth-order valence-corrected chi connectivity index (χ4v) is 3.83. The van der Waals surface area contributed by atoms with E-state index in [-0.39, 0.29) is 24.2 Å². The molecule has 1 aromatic rings. The zero-order valence-electron chi connectivity index (χ0n) is 15.5. The number of carbonyl (C=O) groups excluding carboxylic acids is 2. The Morgan fingerprint density at radius 3 is 2.67 bits per heavy atom. The molecule has 0 spiro atoms. The zero-order chi connectivity index (χ0) is 19.2. The second-order valence-electron chi connectivity index (χ2n) is 7.45. The molecule has 27 heavy (non-hydrogen) atoms. The van der Waals surface area contributed by atoms with Gasteiger partial charge >= 0.3 is 5.97 Å². The van der Waals surface area contributed by atoms with Crippen LogP contribution in [0.5, 0.6) is 0 Å². The molecule has 1 aromatic carbocycles. The van der Waals surface area contributed by atoms with Gasteiger partial charge in [-0.05, 0) is 42.9 Å². The van der Waals surface area contributed by atoms with Crippen LogP contribution in [0.4, 0.5) is 0 Å². The summed E-state index contributed by atoms with van der Waals surface area (Å²) in [7, 11) is 0. The third-order valence-corrected chi connectivity index (χ3v) is 5.30. The van der Waals surface area contributed by atoms with Crippen LogP contribution >= 0.6 is 0 Å². The molecule has 2 aliphatic rings. The number of hydrogen-bond donors (Lipinski definition) is 2. The van der Waals surface area contributed by atoms with Crippen LogP contribution in [0.1, 0.15) is 41.6 Å². The number of amides is 2. The van der Waals surface area contributed by atoms with E-state index in [9.17, 15) is 14.4 Å². The minimum atomic E-state index is -0.778. The maximum absolute atomic E-state index is 12.8. The largest absolute Gasteiger partial charge is 0.481 e. The predicted octanol–water partition coefficient (Wildman–Crippen LogP) is 1.34. The van der Waals surface area contributed by atoms with E-state index < -0.39 is 5.97 Å². The number of carboxylic acids is 1. The van der Waals surface area contributed by atoms with E-state index in [0.29, 0.717) is 38.2 Å². The lowest BCUT2D eigenvalue weighted by Gasteiger charge is -2.32. The normalized spacial score (nSPS) is 21.0. The van der Waals surface area contributed by atoms with Crippen molar-refractivity contribution in [3.63, 3.8) is 0 Å². The van der Waals surface area contributed by atoms with Crippen molar-refractivity contribution < 1.29 is 19.5 Å². The molecule has 1 atom stereocenters. The molecule has 0 saturated carbocycles. The summed E-state index contributed by atoms with van der Waals surface area (Å²) in [5, 5.41) is 11.7. The molecular weight excluding hydrogens is 346 g/mol. The van der Waals surface area contributed by atoms with Crippen molar-refractivity contribution in [3.05, 3.63) is 35.4 Å². The number of rotatable bonds is 6. The highest BCUT2D eigenvalue weighted by Gasteiger charge is 2.25. The quantitative estimate of drug-likeness (QED) is 0.785. The number of nitrogens with zero attached hydrogens (tertiary/aromatic N) is 2. The number of piperidine rings is 1. The summed E-state index contributed by atoms with van der Waals surface area (Å²) in [5.41, 5.74) is 1.74. The molecule has 2 amide bonds. The summed E-state index contributed by atoms with van der Waals surface area (Å²) in [5.74, 6) is -0.446. The Hall–Kier alpha value is -2.41. The van der Waals surface area contributed by atoms with Gasteiger partial charge in [-0.3, -0.25) is 19.3 Å². The van der Waals surface area contributed by atoms with Crippen LogP contribution in [-0.2, 0) is 16.1 Å².